The SMILES string of the molecule is CC(=O)Oc1ccc(CN2CCC[C@H](c3cc(N)n4nc(C(C)(C)C)cc4n3)C2)cc1. The highest BCUT2D eigenvalue weighted by Crippen LogP contribution is 2.30. The molecule has 0 spiro atoms. The molecule has 0 amide bonds. The molecule has 4 rings (SSSR count). The Morgan fingerprint density at radius 2 is 1.97 bits per heavy atom. The molecule has 0 saturated carbocycles. The molecule has 1 fully saturated rings. The molecule has 0 unspecified atom stereocenters. The van der Waals surface area contributed by atoms with Gasteiger partial charge in [-0.15, -0.1) is 0 Å². The number of fused-ring (bicyclic) bond motifs is 1. The molecule has 0 bridgehead atoms. The van der Waals surface area contributed by atoms with Crippen molar-refractivity contribution in [2.24, 2.45) is 0 Å². The number of hydrogen-bond acceptors (Lipinski definition) is 6. The number of piperidine rings is 1. The van der Waals surface area contributed by atoms with Crippen molar-refractivity contribution in [3.05, 3.63) is 53.3 Å². The van der Waals surface area contributed by atoms with Gasteiger partial charge < -0.3 is 10.5 Å². The van der Waals surface area contributed by atoms with Gasteiger partial charge in [-0.2, -0.15) is 9.61 Å². The van der Waals surface area contributed by atoms with Crippen LogP contribution in [0.15, 0.2) is 36.4 Å². The van der Waals surface area contributed by atoms with Crippen molar-refractivity contribution < 1.29 is 9.53 Å². The van der Waals surface area contributed by atoms with Crippen LogP contribution < -0.4 is 10.5 Å². The van der Waals surface area contributed by atoms with Crippen LogP contribution in [0.4, 0.5) is 5.82 Å². The first-order chi connectivity index (χ1) is 14.7. The van der Waals surface area contributed by atoms with Crippen LogP contribution in [0.3, 0.4) is 0 Å². The third-order valence-electron chi connectivity index (χ3n) is 5.76. The van der Waals surface area contributed by atoms with Gasteiger partial charge in [-0.05, 0) is 37.1 Å². The Hall–Kier alpha value is -2.93. The van der Waals surface area contributed by atoms with E-state index in [2.05, 4.69) is 30.8 Å². The minimum Gasteiger partial charge on any atom is -0.427 e. The third-order valence-corrected chi connectivity index (χ3v) is 5.76. The minimum atomic E-state index is -0.303. The second kappa shape index (κ2) is 8.30. The number of nitrogens with zero attached hydrogens (tertiary/aromatic N) is 4. The molecule has 1 atom stereocenters. The molecular formula is C24H31N5O2. The van der Waals surface area contributed by atoms with Crippen molar-refractivity contribution in [1.82, 2.24) is 19.5 Å². The number of likely N-dealkylation sites (tertiary alicyclic amines) is 1. The van der Waals surface area contributed by atoms with Crippen LogP contribution in [-0.2, 0) is 16.8 Å². The molecule has 7 heteroatoms. The van der Waals surface area contributed by atoms with E-state index in [0.29, 0.717) is 17.5 Å². The fourth-order valence-corrected chi connectivity index (χ4v) is 4.12. The Kier molecular flexibility index (Phi) is 5.71. The highest BCUT2D eigenvalue weighted by molar-refractivity contribution is 5.69. The van der Waals surface area contributed by atoms with Crippen LogP contribution in [0.5, 0.6) is 5.75 Å². The van der Waals surface area contributed by atoms with Gasteiger partial charge in [0.25, 0.3) is 0 Å². The van der Waals surface area contributed by atoms with Crippen molar-refractivity contribution in [2.75, 3.05) is 18.8 Å². The Morgan fingerprint density at radius 3 is 2.65 bits per heavy atom. The average molecular weight is 422 g/mol. The molecule has 7 nitrogen and oxygen atoms in total. The molecule has 31 heavy (non-hydrogen) atoms. The van der Waals surface area contributed by atoms with Crippen molar-refractivity contribution in [1.29, 1.82) is 0 Å². The van der Waals surface area contributed by atoms with Gasteiger partial charge in [0.05, 0.1) is 11.4 Å². The zero-order chi connectivity index (χ0) is 22.2. The summed E-state index contributed by atoms with van der Waals surface area (Å²) < 4.78 is 6.87. The molecule has 0 radical (unpaired) electrons. The molecule has 1 aromatic carbocycles. The van der Waals surface area contributed by atoms with E-state index in [1.807, 2.05) is 36.4 Å². The van der Waals surface area contributed by atoms with Crippen molar-refractivity contribution >= 4 is 17.4 Å². The van der Waals surface area contributed by atoms with E-state index in [1.165, 1.54) is 12.5 Å². The highest BCUT2D eigenvalue weighted by Gasteiger charge is 2.25. The number of aromatic nitrogens is 3. The van der Waals surface area contributed by atoms with Gasteiger partial charge in [0, 0.05) is 43.5 Å². The lowest BCUT2D eigenvalue weighted by Crippen LogP contribution is -2.34. The molecule has 3 aromatic rings. The van der Waals surface area contributed by atoms with E-state index in [4.69, 9.17) is 15.5 Å². The second-order valence-electron chi connectivity index (χ2n) is 9.47. The molecule has 2 aromatic heterocycles. The Balaban J connectivity index is 1.49. The number of anilines is 1. The van der Waals surface area contributed by atoms with E-state index < -0.39 is 0 Å². The number of carbonyl (C=O) groups excluding carboxylic acids is 1. The van der Waals surface area contributed by atoms with Gasteiger partial charge in [-0.3, -0.25) is 9.69 Å². The number of hydrogen-bond donors (Lipinski definition) is 1. The standard InChI is InChI=1S/C24H31N5O2/c1-16(30)31-19-9-7-17(8-10-19)14-28-11-5-6-18(15-28)20-12-22(25)29-23(26-20)13-21(27-29)24(2,3)4/h7-10,12-13,18H,5-6,11,14-15,25H2,1-4H3/t18-/m0/s1. The second-order valence-corrected chi connectivity index (χ2v) is 9.47. The largest absolute Gasteiger partial charge is 0.427 e. The van der Waals surface area contributed by atoms with E-state index in [-0.39, 0.29) is 11.4 Å². The fourth-order valence-electron chi connectivity index (χ4n) is 4.12. The maximum Gasteiger partial charge on any atom is 0.308 e. The van der Waals surface area contributed by atoms with Crippen LogP contribution >= 0.6 is 0 Å². The van der Waals surface area contributed by atoms with E-state index >= 15 is 0 Å². The summed E-state index contributed by atoms with van der Waals surface area (Å²) in [5.41, 5.74) is 10.3. The lowest BCUT2D eigenvalue weighted by molar-refractivity contribution is -0.131. The number of carbonyl (C=O) groups is 1. The number of rotatable bonds is 4. The van der Waals surface area contributed by atoms with Gasteiger partial charge in [-0.1, -0.05) is 32.9 Å². The minimum absolute atomic E-state index is 0.0487. The van der Waals surface area contributed by atoms with E-state index in [0.717, 1.165) is 49.5 Å². The topological polar surface area (TPSA) is 85.8 Å². The van der Waals surface area contributed by atoms with Gasteiger partial charge >= 0.3 is 5.97 Å². The Labute approximate surface area is 183 Å². The molecule has 2 N–H and O–H groups in total. The Morgan fingerprint density at radius 1 is 1.23 bits per heavy atom. The van der Waals surface area contributed by atoms with Crippen molar-refractivity contribution in [2.45, 2.75) is 58.4 Å². The number of benzene rings is 1. The summed E-state index contributed by atoms with van der Waals surface area (Å²) in [5.74, 6) is 1.25. The summed E-state index contributed by atoms with van der Waals surface area (Å²) in [6.45, 7) is 10.7. The van der Waals surface area contributed by atoms with E-state index in [1.54, 1.807) is 4.52 Å². The zero-order valence-electron chi connectivity index (χ0n) is 18.8. The summed E-state index contributed by atoms with van der Waals surface area (Å²) >= 11 is 0. The quantitative estimate of drug-likeness (QED) is 0.508. The van der Waals surface area contributed by atoms with Crippen molar-refractivity contribution in [3.63, 3.8) is 0 Å². The van der Waals surface area contributed by atoms with Gasteiger partial charge in [0.2, 0.25) is 0 Å². The number of nitrogens with two attached hydrogens (primary N) is 1. The number of nitrogen functional groups attached to an aromatic ring is 1. The van der Waals surface area contributed by atoms with Crippen molar-refractivity contribution in [3.8, 4) is 5.75 Å². The predicted molar refractivity (Wildman–Crippen MR) is 121 cm³/mol. The molecule has 1 aliphatic rings. The molecule has 3 heterocycles. The average Bonchev–Trinajstić information content (AvgIpc) is 3.15. The normalized spacial score (nSPS) is 17.7. The van der Waals surface area contributed by atoms with Crippen LogP contribution in [0.2, 0.25) is 0 Å². The van der Waals surface area contributed by atoms with Gasteiger partial charge in [0.1, 0.15) is 11.6 Å². The molecule has 1 saturated heterocycles. The number of esters is 1. The van der Waals surface area contributed by atoms with Gasteiger partial charge in [0.15, 0.2) is 5.65 Å². The van der Waals surface area contributed by atoms with E-state index in [9.17, 15) is 4.79 Å². The summed E-state index contributed by atoms with van der Waals surface area (Å²) in [4.78, 5) is 18.5. The summed E-state index contributed by atoms with van der Waals surface area (Å²) in [7, 11) is 0. The zero-order valence-corrected chi connectivity index (χ0v) is 18.8. The molecular weight excluding hydrogens is 390 g/mol. The summed E-state index contributed by atoms with van der Waals surface area (Å²) in [6.07, 6.45) is 2.22. The first-order valence-electron chi connectivity index (χ1n) is 10.9. The lowest BCUT2D eigenvalue weighted by atomic mass is 9.92. The fraction of sp³-hybridized carbons (Fsp3) is 0.458. The molecule has 1 aliphatic heterocycles. The third kappa shape index (κ3) is 4.88. The summed E-state index contributed by atoms with van der Waals surface area (Å²) in [5, 5.41) is 4.65. The first-order valence-corrected chi connectivity index (χ1v) is 10.9. The van der Waals surface area contributed by atoms with Crippen LogP contribution in [0, 0.1) is 0 Å². The van der Waals surface area contributed by atoms with Gasteiger partial charge in [-0.25, -0.2) is 4.98 Å². The Bertz CT molecular complexity index is 1080. The van der Waals surface area contributed by atoms with Crippen LogP contribution in [0.1, 0.15) is 63.4 Å². The number of ether oxygens (including phenoxy) is 1. The molecule has 0 aliphatic carbocycles. The smallest absolute Gasteiger partial charge is 0.308 e. The lowest BCUT2D eigenvalue weighted by Gasteiger charge is -2.32. The predicted octanol–water partition coefficient (Wildman–Crippen LogP) is 3.91. The molecule has 164 valence electrons. The maximum absolute atomic E-state index is 11.1. The highest BCUT2D eigenvalue weighted by atomic mass is 16.5. The van der Waals surface area contributed by atoms with Crippen LogP contribution in [0.25, 0.3) is 5.65 Å². The van der Waals surface area contributed by atoms with Crippen LogP contribution in [-0.4, -0.2) is 38.6 Å². The first kappa shape index (κ1) is 21.3. The summed E-state index contributed by atoms with van der Waals surface area (Å²) in [6, 6.07) is 11.8. The maximum atomic E-state index is 11.1. The monoisotopic (exact) mass is 421 g/mol.